The number of amides is 2. The molecule has 0 bridgehead atoms. The van der Waals surface area contributed by atoms with E-state index in [1.807, 2.05) is 13.8 Å². The van der Waals surface area contributed by atoms with Gasteiger partial charge >= 0.3 is 0 Å². The lowest BCUT2D eigenvalue weighted by Gasteiger charge is -2.34. The second-order valence-electron chi connectivity index (χ2n) is 6.04. The summed E-state index contributed by atoms with van der Waals surface area (Å²) in [5.41, 5.74) is 5.92. The van der Waals surface area contributed by atoms with Crippen molar-refractivity contribution in [2.75, 3.05) is 19.6 Å². The molecule has 0 aromatic rings. The fourth-order valence-corrected chi connectivity index (χ4v) is 2.42. The smallest absolute Gasteiger partial charge is 0.239 e. The molecule has 0 spiro atoms. The molecular formula is C15H29N3O2. The van der Waals surface area contributed by atoms with Gasteiger partial charge in [0.25, 0.3) is 0 Å². The minimum Gasteiger partial charge on any atom is -0.356 e. The van der Waals surface area contributed by atoms with Gasteiger partial charge in [-0.1, -0.05) is 27.2 Å². The predicted molar refractivity (Wildman–Crippen MR) is 80.0 cm³/mol. The average molecular weight is 283 g/mol. The molecule has 20 heavy (non-hydrogen) atoms. The third kappa shape index (κ3) is 4.78. The fraction of sp³-hybridized carbons (Fsp3) is 0.867. The zero-order chi connectivity index (χ0) is 15.1. The molecule has 0 radical (unpaired) electrons. The van der Waals surface area contributed by atoms with Crippen molar-refractivity contribution in [3.05, 3.63) is 0 Å². The first-order valence-electron chi connectivity index (χ1n) is 7.79. The molecule has 1 fully saturated rings. The summed E-state index contributed by atoms with van der Waals surface area (Å²) in [5.74, 6) is 0.102. The molecule has 3 N–H and O–H groups in total. The van der Waals surface area contributed by atoms with Gasteiger partial charge in [0.2, 0.25) is 11.8 Å². The Morgan fingerprint density at radius 2 is 2.10 bits per heavy atom. The highest BCUT2D eigenvalue weighted by molar-refractivity contribution is 5.84. The van der Waals surface area contributed by atoms with E-state index in [9.17, 15) is 9.59 Å². The summed E-state index contributed by atoms with van der Waals surface area (Å²) in [6.45, 7) is 7.95. The molecule has 1 unspecified atom stereocenters. The first kappa shape index (κ1) is 17.0. The minimum absolute atomic E-state index is 0.0222. The molecule has 0 saturated carbocycles. The molecule has 0 aromatic carbocycles. The average Bonchev–Trinajstić information content (AvgIpc) is 2.45. The van der Waals surface area contributed by atoms with Crippen LogP contribution in [0.4, 0.5) is 0 Å². The number of piperidine rings is 1. The predicted octanol–water partition coefficient (Wildman–Crippen LogP) is 1.12. The van der Waals surface area contributed by atoms with Crippen molar-refractivity contribution in [2.24, 2.45) is 17.6 Å². The highest BCUT2D eigenvalue weighted by Gasteiger charge is 2.31. The van der Waals surface area contributed by atoms with Crippen molar-refractivity contribution in [3.8, 4) is 0 Å². The van der Waals surface area contributed by atoms with Gasteiger partial charge in [-0.05, 0) is 25.2 Å². The number of carbonyl (C=O) groups is 2. The monoisotopic (exact) mass is 283 g/mol. The number of likely N-dealkylation sites (tertiary alicyclic amines) is 1. The summed E-state index contributed by atoms with van der Waals surface area (Å²) in [4.78, 5) is 26.1. The molecule has 1 rings (SSSR count). The van der Waals surface area contributed by atoms with Gasteiger partial charge in [0.1, 0.15) is 0 Å². The van der Waals surface area contributed by atoms with Crippen LogP contribution in [0.15, 0.2) is 0 Å². The van der Waals surface area contributed by atoms with Crippen LogP contribution in [0.3, 0.4) is 0 Å². The zero-order valence-electron chi connectivity index (χ0n) is 13.0. The van der Waals surface area contributed by atoms with E-state index in [4.69, 9.17) is 5.73 Å². The molecule has 5 nitrogen and oxygen atoms in total. The van der Waals surface area contributed by atoms with Crippen LogP contribution in [0.2, 0.25) is 0 Å². The van der Waals surface area contributed by atoms with Crippen LogP contribution in [0.5, 0.6) is 0 Å². The number of rotatable bonds is 6. The van der Waals surface area contributed by atoms with Crippen molar-refractivity contribution in [1.82, 2.24) is 10.2 Å². The molecule has 1 heterocycles. The standard InChI is InChI=1S/C15H29N3O2/c1-4-5-8-17-14(19)12-7-6-9-18(10-12)15(20)13(16)11(2)3/h11-13H,4-10,16H2,1-3H3,(H,17,19)/t12?,13-/m0/s1. The van der Waals surface area contributed by atoms with E-state index in [1.165, 1.54) is 0 Å². The van der Waals surface area contributed by atoms with E-state index < -0.39 is 6.04 Å². The van der Waals surface area contributed by atoms with Crippen LogP contribution in [0, 0.1) is 11.8 Å². The van der Waals surface area contributed by atoms with Crippen LogP contribution in [-0.4, -0.2) is 42.4 Å². The van der Waals surface area contributed by atoms with Crippen LogP contribution >= 0.6 is 0 Å². The van der Waals surface area contributed by atoms with E-state index in [-0.39, 0.29) is 23.7 Å². The molecule has 2 amide bonds. The molecule has 0 aliphatic carbocycles. The summed E-state index contributed by atoms with van der Waals surface area (Å²) >= 11 is 0. The first-order valence-corrected chi connectivity index (χ1v) is 7.79. The fourth-order valence-electron chi connectivity index (χ4n) is 2.42. The third-order valence-electron chi connectivity index (χ3n) is 3.94. The number of nitrogens with two attached hydrogens (primary N) is 1. The minimum atomic E-state index is -0.461. The van der Waals surface area contributed by atoms with E-state index in [1.54, 1.807) is 4.90 Å². The van der Waals surface area contributed by atoms with E-state index in [0.29, 0.717) is 6.54 Å². The third-order valence-corrected chi connectivity index (χ3v) is 3.94. The number of nitrogens with zero attached hydrogens (tertiary/aromatic N) is 1. The number of nitrogens with one attached hydrogen (secondary N) is 1. The van der Waals surface area contributed by atoms with Gasteiger partial charge in [0.05, 0.1) is 12.0 Å². The summed E-state index contributed by atoms with van der Waals surface area (Å²) in [6.07, 6.45) is 3.80. The number of hydrogen-bond acceptors (Lipinski definition) is 3. The SMILES string of the molecule is CCCCNC(=O)C1CCCN(C(=O)[C@@H](N)C(C)C)C1. The Balaban J connectivity index is 2.49. The lowest BCUT2D eigenvalue weighted by Crippen LogP contribution is -2.52. The highest BCUT2D eigenvalue weighted by Crippen LogP contribution is 2.18. The van der Waals surface area contributed by atoms with Gasteiger partial charge in [0, 0.05) is 19.6 Å². The largest absolute Gasteiger partial charge is 0.356 e. The second kappa shape index (κ2) is 8.25. The zero-order valence-corrected chi connectivity index (χ0v) is 13.0. The molecule has 2 atom stereocenters. The Morgan fingerprint density at radius 1 is 1.40 bits per heavy atom. The van der Waals surface area contributed by atoms with Crippen molar-refractivity contribution >= 4 is 11.8 Å². The molecule has 1 aliphatic heterocycles. The summed E-state index contributed by atoms with van der Waals surface area (Å²) in [7, 11) is 0. The Kier molecular flexibility index (Phi) is 6.99. The lowest BCUT2D eigenvalue weighted by molar-refractivity contribution is -0.137. The van der Waals surface area contributed by atoms with Crippen LogP contribution in [0.25, 0.3) is 0 Å². The maximum absolute atomic E-state index is 12.2. The highest BCUT2D eigenvalue weighted by atomic mass is 16.2. The van der Waals surface area contributed by atoms with Gasteiger partial charge in [0.15, 0.2) is 0 Å². The Hall–Kier alpha value is -1.10. The van der Waals surface area contributed by atoms with Crippen LogP contribution < -0.4 is 11.1 Å². The van der Waals surface area contributed by atoms with Gasteiger partial charge in [-0.2, -0.15) is 0 Å². The van der Waals surface area contributed by atoms with Crippen LogP contribution in [0.1, 0.15) is 46.5 Å². The van der Waals surface area contributed by atoms with E-state index in [2.05, 4.69) is 12.2 Å². The molecule has 0 aromatic heterocycles. The Morgan fingerprint density at radius 3 is 2.70 bits per heavy atom. The van der Waals surface area contributed by atoms with Gasteiger partial charge in [-0.25, -0.2) is 0 Å². The molecule has 1 saturated heterocycles. The topological polar surface area (TPSA) is 75.4 Å². The van der Waals surface area contributed by atoms with Gasteiger partial charge in [-0.3, -0.25) is 9.59 Å². The number of unbranched alkanes of at least 4 members (excludes halogenated alkanes) is 1. The molecule has 1 aliphatic rings. The summed E-state index contributed by atoms with van der Waals surface area (Å²) in [5, 5.41) is 2.96. The summed E-state index contributed by atoms with van der Waals surface area (Å²) in [6, 6.07) is -0.461. The Bertz CT molecular complexity index is 331. The quantitative estimate of drug-likeness (QED) is 0.717. The molecule has 5 heteroatoms. The van der Waals surface area contributed by atoms with Gasteiger partial charge in [-0.15, -0.1) is 0 Å². The number of carbonyl (C=O) groups excluding carboxylic acids is 2. The van der Waals surface area contributed by atoms with E-state index in [0.717, 1.165) is 38.8 Å². The second-order valence-corrected chi connectivity index (χ2v) is 6.04. The van der Waals surface area contributed by atoms with Gasteiger partial charge < -0.3 is 16.0 Å². The normalized spacial score (nSPS) is 20.9. The maximum atomic E-state index is 12.2. The number of hydrogen-bond donors (Lipinski definition) is 2. The molecule has 116 valence electrons. The summed E-state index contributed by atoms with van der Waals surface area (Å²) < 4.78 is 0. The lowest BCUT2D eigenvalue weighted by atomic mass is 9.95. The van der Waals surface area contributed by atoms with E-state index >= 15 is 0 Å². The van der Waals surface area contributed by atoms with Crippen molar-refractivity contribution in [1.29, 1.82) is 0 Å². The van der Waals surface area contributed by atoms with Crippen molar-refractivity contribution < 1.29 is 9.59 Å². The first-order chi connectivity index (χ1) is 9.47. The molecular weight excluding hydrogens is 254 g/mol. The van der Waals surface area contributed by atoms with Crippen molar-refractivity contribution in [2.45, 2.75) is 52.5 Å². The maximum Gasteiger partial charge on any atom is 0.239 e. The van der Waals surface area contributed by atoms with Crippen molar-refractivity contribution in [3.63, 3.8) is 0 Å². The Labute approximate surface area is 122 Å². The van der Waals surface area contributed by atoms with Crippen LogP contribution in [-0.2, 0) is 9.59 Å².